The van der Waals surface area contributed by atoms with Crippen LogP contribution >= 0.6 is 0 Å². The third kappa shape index (κ3) is 9.63. The Hall–Kier alpha value is -3.02. The number of hydrogen-bond donors (Lipinski definition) is 1. The lowest BCUT2D eigenvalue weighted by atomic mass is 9.94. The van der Waals surface area contributed by atoms with Gasteiger partial charge in [0.05, 0.1) is 13.0 Å². The fourth-order valence-electron chi connectivity index (χ4n) is 4.11. The van der Waals surface area contributed by atoms with E-state index in [1.165, 1.54) is 0 Å². The summed E-state index contributed by atoms with van der Waals surface area (Å²) in [6, 6.07) is -0.703. The SMILES string of the molecule is C#C[C@H](CC(=O)OCC)NC(=O)C1CCN(C(=O)/C=C/C2CCN(C(=O)OC(C)(C)C)CC2)CC1. The van der Waals surface area contributed by atoms with Crippen LogP contribution in [0, 0.1) is 24.2 Å². The number of carbonyl (C=O) groups is 4. The number of amides is 3. The van der Waals surface area contributed by atoms with E-state index in [1.807, 2.05) is 26.8 Å². The number of terminal acetylenes is 1. The van der Waals surface area contributed by atoms with Gasteiger partial charge in [-0.15, -0.1) is 6.42 Å². The normalized spacial score (nSPS) is 18.6. The van der Waals surface area contributed by atoms with Crippen molar-refractivity contribution in [2.24, 2.45) is 11.8 Å². The Morgan fingerprint density at radius 2 is 1.66 bits per heavy atom. The molecule has 9 heteroatoms. The van der Waals surface area contributed by atoms with Crippen LogP contribution in [-0.2, 0) is 23.9 Å². The molecule has 0 aromatic carbocycles. The molecule has 9 nitrogen and oxygen atoms in total. The topological polar surface area (TPSA) is 105 Å². The number of esters is 1. The van der Waals surface area contributed by atoms with E-state index in [-0.39, 0.29) is 42.8 Å². The van der Waals surface area contributed by atoms with Crippen molar-refractivity contribution in [1.82, 2.24) is 15.1 Å². The minimum absolute atomic E-state index is 0.0606. The second kappa shape index (κ2) is 13.2. The van der Waals surface area contributed by atoms with E-state index in [2.05, 4.69) is 11.2 Å². The Labute approximate surface area is 208 Å². The smallest absolute Gasteiger partial charge is 0.410 e. The van der Waals surface area contributed by atoms with Crippen molar-refractivity contribution >= 4 is 23.9 Å². The fourth-order valence-corrected chi connectivity index (χ4v) is 4.11. The van der Waals surface area contributed by atoms with Gasteiger partial charge in [-0.3, -0.25) is 14.4 Å². The lowest BCUT2D eigenvalue weighted by molar-refractivity contribution is -0.143. The molecule has 0 saturated carbocycles. The molecule has 0 radical (unpaired) electrons. The monoisotopic (exact) mass is 489 g/mol. The third-order valence-corrected chi connectivity index (χ3v) is 6.07. The molecule has 2 fully saturated rings. The number of ether oxygens (including phenoxy) is 2. The highest BCUT2D eigenvalue weighted by Crippen LogP contribution is 2.22. The van der Waals surface area contributed by atoms with Gasteiger partial charge in [-0.1, -0.05) is 12.0 Å². The molecule has 1 atom stereocenters. The number of allylic oxidation sites excluding steroid dienone is 1. The Kier molecular flexibility index (Phi) is 10.6. The summed E-state index contributed by atoms with van der Waals surface area (Å²) >= 11 is 0. The summed E-state index contributed by atoms with van der Waals surface area (Å²) in [5.41, 5.74) is -0.514. The van der Waals surface area contributed by atoms with Crippen LogP contribution in [0.15, 0.2) is 12.2 Å². The molecule has 1 N–H and O–H groups in total. The van der Waals surface area contributed by atoms with Gasteiger partial charge in [0.2, 0.25) is 11.8 Å². The van der Waals surface area contributed by atoms with Crippen molar-refractivity contribution in [2.45, 2.75) is 71.4 Å². The van der Waals surface area contributed by atoms with Gasteiger partial charge < -0.3 is 24.6 Å². The fraction of sp³-hybridized carbons (Fsp3) is 0.692. The van der Waals surface area contributed by atoms with E-state index in [9.17, 15) is 19.2 Å². The first kappa shape index (κ1) is 28.2. The molecule has 0 spiro atoms. The summed E-state index contributed by atoms with van der Waals surface area (Å²) in [6.45, 7) is 9.69. The first-order chi connectivity index (χ1) is 16.5. The van der Waals surface area contributed by atoms with Crippen LogP contribution in [0.5, 0.6) is 0 Å². The molecular formula is C26H39N3O6. The standard InChI is InChI=1S/C26H39N3O6/c1-6-21(18-23(31)34-7-2)27-24(32)20-12-16-28(17-13-20)22(30)9-8-19-10-14-29(15-11-19)25(33)35-26(3,4)5/h1,8-9,19-21H,7,10-18H2,2-5H3,(H,27,32)/b9-8+/t21-/m1/s1. The second-order valence-electron chi connectivity index (χ2n) is 10.0. The number of nitrogens with zero attached hydrogens (tertiary/aromatic N) is 2. The predicted octanol–water partition coefficient (Wildman–Crippen LogP) is 2.50. The van der Waals surface area contributed by atoms with Crippen LogP contribution < -0.4 is 5.32 Å². The van der Waals surface area contributed by atoms with Crippen molar-refractivity contribution in [3.8, 4) is 12.3 Å². The van der Waals surface area contributed by atoms with Gasteiger partial charge in [0.15, 0.2) is 0 Å². The minimum Gasteiger partial charge on any atom is -0.466 e. The van der Waals surface area contributed by atoms with Crippen molar-refractivity contribution < 1.29 is 28.7 Å². The number of likely N-dealkylation sites (tertiary alicyclic amines) is 2. The summed E-state index contributed by atoms with van der Waals surface area (Å²) in [7, 11) is 0. The summed E-state index contributed by atoms with van der Waals surface area (Å²) < 4.78 is 10.3. The van der Waals surface area contributed by atoms with Crippen LogP contribution in [0.4, 0.5) is 4.79 Å². The van der Waals surface area contributed by atoms with E-state index in [0.717, 1.165) is 12.8 Å². The van der Waals surface area contributed by atoms with E-state index < -0.39 is 17.6 Å². The number of carbonyl (C=O) groups excluding carboxylic acids is 4. The Balaban J connectivity index is 1.73. The summed E-state index contributed by atoms with van der Waals surface area (Å²) in [5, 5.41) is 2.73. The maximum atomic E-state index is 12.6. The van der Waals surface area contributed by atoms with Crippen molar-refractivity contribution in [2.75, 3.05) is 32.8 Å². The molecule has 3 amide bonds. The lowest BCUT2D eigenvalue weighted by Crippen LogP contribution is -2.45. The number of nitrogens with one attached hydrogen (secondary N) is 1. The summed E-state index contributed by atoms with van der Waals surface area (Å²) in [6.07, 6.45) is 11.3. The zero-order chi connectivity index (χ0) is 26.0. The molecule has 0 bridgehead atoms. The van der Waals surface area contributed by atoms with E-state index in [1.54, 1.807) is 22.8 Å². The highest BCUT2D eigenvalue weighted by atomic mass is 16.6. The third-order valence-electron chi connectivity index (χ3n) is 6.07. The molecule has 2 saturated heterocycles. The zero-order valence-corrected chi connectivity index (χ0v) is 21.4. The summed E-state index contributed by atoms with van der Waals surface area (Å²) in [4.78, 5) is 52.4. The Bertz CT molecular complexity index is 825. The predicted molar refractivity (Wildman–Crippen MR) is 131 cm³/mol. The average Bonchev–Trinajstić information content (AvgIpc) is 2.81. The number of hydrogen-bond acceptors (Lipinski definition) is 6. The first-order valence-corrected chi connectivity index (χ1v) is 12.4. The highest BCUT2D eigenvalue weighted by Gasteiger charge is 2.29. The van der Waals surface area contributed by atoms with Gasteiger partial charge in [-0.2, -0.15) is 0 Å². The van der Waals surface area contributed by atoms with E-state index in [4.69, 9.17) is 15.9 Å². The Morgan fingerprint density at radius 3 is 2.20 bits per heavy atom. The highest BCUT2D eigenvalue weighted by molar-refractivity contribution is 5.88. The molecule has 2 aliphatic rings. The molecule has 0 unspecified atom stereocenters. The van der Waals surface area contributed by atoms with E-state index >= 15 is 0 Å². The molecular weight excluding hydrogens is 450 g/mol. The molecule has 35 heavy (non-hydrogen) atoms. The number of rotatable bonds is 7. The van der Waals surface area contributed by atoms with Gasteiger partial charge in [0, 0.05) is 32.1 Å². The van der Waals surface area contributed by atoms with Crippen LogP contribution in [-0.4, -0.2) is 78.1 Å². The molecule has 2 aliphatic heterocycles. The Morgan fingerprint density at radius 1 is 1.06 bits per heavy atom. The molecule has 2 rings (SSSR count). The van der Waals surface area contributed by atoms with Gasteiger partial charge in [0.1, 0.15) is 11.6 Å². The summed E-state index contributed by atoms with van der Waals surface area (Å²) in [5.74, 6) is 1.69. The molecule has 2 heterocycles. The maximum Gasteiger partial charge on any atom is 0.410 e. The lowest BCUT2D eigenvalue weighted by Gasteiger charge is -2.33. The van der Waals surface area contributed by atoms with Crippen LogP contribution in [0.1, 0.15) is 59.8 Å². The van der Waals surface area contributed by atoms with Crippen LogP contribution in [0.25, 0.3) is 0 Å². The van der Waals surface area contributed by atoms with Crippen LogP contribution in [0.2, 0.25) is 0 Å². The molecule has 194 valence electrons. The van der Waals surface area contributed by atoms with Gasteiger partial charge in [-0.25, -0.2) is 4.79 Å². The first-order valence-electron chi connectivity index (χ1n) is 12.4. The molecule has 0 aromatic heterocycles. The maximum absolute atomic E-state index is 12.6. The van der Waals surface area contributed by atoms with Crippen LogP contribution in [0.3, 0.4) is 0 Å². The van der Waals surface area contributed by atoms with Crippen molar-refractivity contribution in [3.05, 3.63) is 12.2 Å². The molecule has 0 aromatic rings. The van der Waals surface area contributed by atoms with Gasteiger partial charge in [0.25, 0.3) is 0 Å². The van der Waals surface area contributed by atoms with Gasteiger partial charge >= 0.3 is 12.1 Å². The quantitative estimate of drug-likeness (QED) is 0.335. The zero-order valence-electron chi connectivity index (χ0n) is 21.4. The van der Waals surface area contributed by atoms with Crippen molar-refractivity contribution in [1.29, 1.82) is 0 Å². The molecule has 0 aliphatic carbocycles. The second-order valence-corrected chi connectivity index (χ2v) is 10.0. The average molecular weight is 490 g/mol. The van der Waals surface area contributed by atoms with Gasteiger partial charge in [-0.05, 0) is 65.4 Å². The minimum atomic E-state index is -0.703. The van der Waals surface area contributed by atoms with E-state index in [0.29, 0.717) is 39.0 Å². The largest absolute Gasteiger partial charge is 0.466 e. The number of piperidine rings is 2. The van der Waals surface area contributed by atoms with Crippen molar-refractivity contribution in [3.63, 3.8) is 0 Å².